The molecule has 0 atom stereocenters. The molecular weight excluding hydrogens is 316 g/mol. The molecule has 0 radical (unpaired) electrons. The summed E-state index contributed by atoms with van der Waals surface area (Å²) in [7, 11) is -5.97. The van der Waals surface area contributed by atoms with E-state index < -0.39 is 43.6 Å². The lowest BCUT2D eigenvalue weighted by Gasteiger charge is -2.12. The van der Waals surface area contributed by atoms with Crippen LogP contribution >= 0.6 is 11.6 Å². The third-order valence-electron chi connectivity index (χ3n) is 1.88. The van der Waals surface area contributed by atoms with Gasteiger partial charge in [0.15, 0.2) is 11.5 Å². The first kappa shape index (κ1) is 15.7. The van der Waals surface area contributed by atoms with Crippen LogP contribution in [-0.2, 0) is 10.1 Å². The van der Waals surface area contributed by atoms with Gasteiger partial charge < -0.3 is 4.18 Å². The molecule has 0 aliphatic heterocycles. The second-order valence-corrected chi connectivity index (χ2v) is 5.25. The highest BCUT2D eigenvalue weighted by Crippen LogP contribution is 2.32. The summed E-state index contributed by atoms with van der Waals surface area (Å²) in [6.45, 7) is 0.899. The Hall–Kier alpha value is -1.35. The van der Waals surface area contributed by atoms with Gasteiger partial charge in [-0.15, -0.1) is 0 Å². The monoisotopic (exact) mass is 320 g/mol. The molecule has 0 saturated heterocycles. The number of rotatable bonds is 3. The molecule has 0 N–H and O–H groups in total. The van der Waals surface area contributed by atoms with Gasteiger partial charge in [0.25, 0.3) is 0 Å². The molecule has 0 saturated carbocycles. The smallest absolute Gasteiger partial charge is 0.375 e. The van der Waals surface area contributed by atoms with Crippen molar-refractivity contribution in [2.75, 3.05) is 0 Å². The van der Waals surface area contributed by atoms with Gasteiger partial charge in [0.1, 0.15) is 5.82 Å². The maximum Gasteiger partial charge on any atom is 0.534 e. The molecule has 0 spiro atoms. The van der Waals surface area contributed by atoms with Crippen LogP contribution in [0.3, 0.4) is 0 Å². The highest BCUT2D eigenvalue weighted by atomic mass is 35.5. The number of alkyl halides is 3. The highest BCUT2D eigenvalue weighted by molar-refractivity contribution is 7.88. The minimum absolute atomic E-state index is 0.483. The van der Waals surface area contributed by atoms with Crippen LogP contribution in [0.5, 0.6) is 5.75 Å². The molecular formula is C9H5ClF4O4S. The molecule has 0 unspecified atom stereocenters. The summed E-state index contributed by atoms with van der Waals surface area (Å²) in [5.41, 5.74) is -6.35. The van der Waals surface area contributed by atoms with Gasteiger partial charge in [-0.25, -0.2) is 4.39 Å². The van der Waals surface area contributed by atoms with Gasteiger partial charge in [0, 0.05) is 6.07 Å². The van der Waals surface area contributed by atoms with Crippen molar-refractivity contribution in [2.24, 2.45) is 0 Å². The fraction of sp³-hybridized carbons (Fsp3) is 0.222. The van der Waals surface area contributed by atoms with Crippen LogP contribution in [0, 0.1) is 5.82 Å². The van der Waals surface area contributed by atoms with E-state index in [2.05, 4.69) is 4.18 Å². The molecule has 1 rings (SSSR count). The third kappa shape index (κ3) is 3.35. The zero-order valence-corrected chi connectivity index (χ0v) is 10.7. The molecule has 0 heterocycles. The first-order valence-corrected chi connectivity index (χ1v) is 6.25. The van der Waals surface area contributed by atoms with E-state index >= 15 is 0 Å². The Morgan fingerprint density at radius 3 is 2.26 bits per heavy atom. The van der Waals surface area contributed by atoms with Gasteiger partial charge in [-0.05, 0) is 13.0 Å². The zero-order valence-electron chi connectivity index (χ0n) is 9.09. The minimum atomic E-state index is -5.97. The van der Waals surface area contributed by atoms with Gasteiger partial charge in [-0.2, -0.15) is 21.6 Å². The number of hydrogen-bond donors (Lipinski definition) is 0. The molecule has 0 amide bonds. The van der Waals surface area contributed by atoms with E-state index in [1.165, 1.54) is 0 Å². The van der Waals surface area contributed by atoms with Crippen LogP contribution < -0.4 is 4.18 Å². The predicted molar refractivity (Wildman–Crippen MR) is 57.0 cm³/mol. The molecule has 0 fully saturated rings. The summed E-state index contributed by atoms with van der Waals surface area (Å²) >= 11 is 5.29. The van der Waals surface area contributed by atoms with Gasteiger partial charge in [-0.1, -0.05) is 11.6 Å². The third-order valence-corrected chi connectivity index (χ3v) is 3.14. The van der Waals surface area contributed by atoms with E-state index in [1.54, 1.807) is 0 Å². The quantitative estimate of drug-likeness (QED) is 0.372. The lowest BCUT2D eigenvalue weighted by molar-refractivity contribution is -0.0500. The molecule has 1 aromatic carbocycles. The van der Waals surface area contributed by atoms with E-state index in [0.29, 0.717) is 12.1 Å². The van der Waals surface area contributed by atoms with Gasteiger partial charge in [0.05, 0.1) is 10.6 Å². The fourth-order valence-electron chi connectivity index (χ4n) is 1.04. The van der Waals surface area contributed by atoms with Gasteiger partial charge in [-0.3, -0.25) is 4.79 Å². The van der Waals surface area contributed by atoms with Crippen molar-refractivity contribution in [2.45, 2.75) is 12.4 Å². The Kier molecular flexibility index (Phi) is 4.11. The Labute approximate surface area is 110 Å². The van der Waals surface area contributed by atoms with E-state index in [9.17, 15) is 30.8 Å². The standard InChI is InChI=1S/C9H5ClF4O4S/c1-4(15)5-2-7(11)6(10)3-8(5)18-19(16,17)9(12,13)14/h2-3H,1H3. The predicted octanol–water partition coefficient (Wildman–Crippen LogP) is 2.91. The number of carbonyl (C=O) groups is 1. The number of benzene rings is 1. The molecule has 0 aliphatic rings. The molecule has 0 aliphatic carbocycles. The van der Waals surface area contributed by atoms with E-state index in [4.69, 9.17) is 11.6 Å². The van der Waals surface area contributed by atoms with Crippen LogP contribution in [-0.4, -0.2) is 19.7 Å². The van der Waals surface area contributed by atoms with Crippen LogP contribution in [0.25, 0.3) is 0 Å². The van der Waals surface area contributed by atoms with E-state index in [-0.39, 0.29) is 0 Å². The van der Waals surface area contributed by atoms with Crippen molar-refractivity contribution in [1.82, 2.24) is 0 Å². The number of carbonyl (C=O) groups excluding carboxylic acids is 1. The minimum Gasteiger partial charge on any atom is -0.375 e. The summed E-state index contributed by atoms with van der Waals surface area (Å²) in [6, 6.07) is 0.975. The Bertz CT molecular complexity index is 624. The summed E-state index contributed by atoms with van der Waals surface area (Å²) in [5.74, 6) is -2.97. The van der Waals surface area contributed by atoms with Crippen molar-refractivity contribution < 1.29 is 35.0 Å². The summed E-state index contributed by atoms with van der Waals surface area (Å²) in [6.07, 6.45) is 0. The maximum atomic E-state index is 13.1. The first-order valence-electron chi connectivity index (χ1n) is 4.46. The summed E-state index contributed by atoms with van der Waals surface area (Å²) in [4.78, 5) is 11.1. The lowest BCUT2D eigenvalue weighted by atomic mass is 10.1. The summed E-state index contributed by atoms with van der Waals surface area (Å²) < 4.78 is 74.8. The number of hydrogen-bond acceptors (Lipinski definition) is 4. The molecule has 0 bridgehead atoms. The van der Waals surface area contributed by atoms with Crippen LogP contribution in [0.4, 0.5) is 17.6 Å². The SMILES string of the molecule is CC(=O)c1cc(F)c(Cl)cc1OS(=O)(=O)C(F)(F)F. The van der Waals surface area contributed by atoms with Crippen LogP contribution in [0.15, 0.2) is 12.1 Å². The van der Waals surface area contributed by atoms with Crippen molar-refractivity contribution in [3.8, 4) is 5.75 Å². The first-order chi connectivity index (χ1) is 8.45. The fourth-order valence-corrected chi connectivity index (χ4v) is 1.66. The second-order valence-electron chi connectivity index (χ2n) is 3.30. The Morgan fingerprint density at radius 1 is 1.32 bits per heavy atom. The Morgan fingerprint density at radius 2 is 1.84 bits per heavy atom. The lowest BCUT2D eigenvalue weighted by Crippen LogP contribution is -2.28. The van der Waals surface area contributed by atoms with Crippen LogP contribution in [0.2, 0.25) is 5.02 Å². The van der Waals surface area contributed by atoms with E-state index in [0.717, 1.165) is 6.92 Å². The number of ketones is 1. The van der Waals surface area contributed by atoms with Crippen molar-refractivity contribution in [3.63, 3.8) is 0 Å². The topological polar surface area (TPSA) is 60.4 Å². The average Bonchev–Trinajstić information content (AvgIpc) is 2.20. The van der Waals surface area contributed by atoms with Crippen LogP contribution in [0.1, 0.15) is 17.3 Å². The van der Waals surface area contributed by atoms with Gasteiger partial charge in [0.2, 0.25) is 0 Å². The Balaban J connectivity index is 3.37. The van der Waals surface area contributed by atoms with Gasteiger partial charge >= 0.3 is 15.6 Å². The molecule has 0 aromatic heterocycles. The maximum absolute atomic E-state index is 13.1. The largest absolute Gasteiger partial charge is 0.534 e. The average molecular weight is 321 g/mol. The molecule has 4 nitrogen and oxygen atoms in total. The molecule has 19 heavy (non-hydrogen) atoms. The van der Waals surface area contributed by atoms with E-state index in [1.807, 2.05) is 0 Å². The van der Waals surface area contributed by atoms with Crippen molar-refractivity contribution >= 4 is 27.5 Å². The summed E-state index contributed by atoms with van der Waals surface area (Å²) in [5, 5.41) is -0.683. The van der Waals surface area contributed by atoms with Crippen molar-refractivity contribution in [1.29, 1.82) is 0 Å². The number of Topliss-reactive ketones (excluding diaryl/α,β-unsaturated/α-hetero) is 1. The molecule has 1 aromatic rings. The second kappa shape index (κ2) is 4.97. The molecule has 10 heteroatoms. The van der Waals surface area contributed by atoms with Crippen molar-refractivity contribution in [3.05, 3.63) is 28.5 Å². The highest BCUT2D eigenvalue weighted by Gasteiger charge is 2.49. The normalized spacial score (nSPS) is 12.3. The zero-order chi connectivity index (χ0) is 15.0. The number of halogens is 5. The molecule has 106 valence electrons.